The lowest BCUT2D eigenvalue weighted by Crippen LogP contribution is -2.16. The Morgan fingerprint density at radius 1 is 1.19 bits per heavy atom. The van der Waals surface area contributed by atoms with Crippen LogP contribution in [0, 0.1) is 25.2 Å². The maximum absolute atomic E-state index is 12.8. The predicted molar refractivity (Wildman–Crippen MR) is 125 cm³/mol. The van der Waals surface area contributed by atoms with Crippen LogP contribution in [-0.2, 0) is 9.53 Å². The number of carbonyl (C=O) groups is 2. The van der Waals surface area contributed by atoms with Crippen LogP contribution in [0.2, 0.25) is 0 Å². The van der Waals surface area contributed by atoms with E-state index in [-0.39, 0.29) is 12.2 Å². The maximum atomic E-state index is 12.8. The minimum atomic E-state index is -0.621. The van der Waals surface area contributed by atoms with Crippen LogP contribution in [0.1, 0.15) is 40.2 Å². The Hall–Kier alpha value is -3.57. The highest BCUT2D eigenvalue weighted by atomic mass is 32.1. The fourth-order valence-corrected chi connectivity index (χ4v) is 3.84. The van der Waals surface area contributed by atoms with Crippen molar-refractivity contribution in [2.24, 2.45) is 0 Å². The summed E-state index contributed by atoms with van der Waals surface area (Å²) >= 11 is 1.26. The molecule has 1 heterocycles. The molecular weight excluding hydrogens is 428 g/mol. The Balaban J connectivity index is 2.33. The minimum absolute atomic E-state index is 0.120. The van der Waals surface area contributed by atoms with E-state index in [9.17, 15) is 14.9 Å². The van der Waals surface area contributed by atoms with E-state index < -0.39 is 11.9 Å². The van der Waals surface area contributed by atoms with Crippen molar-refractivity contribution in [3.8, 4) is 17.6 Å². The molecule has 1 amide bonds. The number of aryl methyl sites for hydroxylation is 1. The lowest BCUT2D eigenvalue weighted by atomic mass is 10.1. The van der Waals surface area contributed by atoms with E-state index in [1.54, 1.807) is 38.1 Å². The van der Waals surface area contributed by atoms with Crippen molar-refractivity contribution in [1.82, 2.24) is 0 Å². The summed E-state index contributed by atoms with van der Waals surface area (Å²) in [6.45, 7) is 11.8. The topological polar surface area (TPSA) is 97.7 Å². The number of hydrogen-bond donors (Lipinski definition) is 1. The maximum Gasteiger partial charge on any atom is 0.341 e. The number of hydrogen-bond acceptors (Lipinski definition) is 7. The zero-order valence-electron chi connectivity index (χ0n) is 18.6. The third-order valence-corrected chi connectivity index (χ3v) is 5.51. The lowest BCUT2D eigenvalue weighted by Gasteiger charge is -2.11. The second-order valence-electron chi connectivity index (χ2n) is 6.57. The SMILES string of the molecule is C=CCOc1ccc(/C=C(\C#N)C(=O)Nc2sc(C)c(C)c2C(=O)OCC)cc1OCC. The quantitative estimate of drug-likeness (QED) is 0.233. The number of nitrogens with zero attached hydrogens (tertiary/aromatic N) is 1. The van der Waals surface area contributed by atoms with Gasteiger partial charge >= 0.3 is 5.97 Å². The number of esters is 1. The third-order valence-electron chi connectivity index (χ3n) is 4.39. The number of rotatable bonds is 10. The Morgan fingerprint density at radius 3 is 2.56 bits per heavy atom. The van der Waals surface area contributed by atoms with Crippen molar-refractivity contribution in [3.05, 3.63) is 58.0 Å². The monoisotopic (exact) mass is 454 g/mol. The number of carbonyl (C=O) groups excluding carboxylic acids is 2. The average molecular weight is 455 g/mol. The molecule has 0 aliphatic heterocycles. The molecule has 2 rings (SSSR count). The Morgan fingerprint density at radius 2 is 1.94 bits per heavy atom. The van der Waals surface area contributed by atoms with Crippen LogP contribution >= 0.6 is 11.3 Å². The number of nitrogens with one attached hydrogen (secondary N) is 1. The van der Waals surface area contributed by atoms with Crippen LogP contribution in [0.15, 0.2) is 36.4 Å². The fraction of sp³-hybridized carbons (Fsp3) is 0.292. The van der Waals surface area contributed by atoms with Gasteiger partial charge in [-0.25, -0.2) is 4.79 Å². The van der Waals surface area contributed by atoms with Gasteiger partial charge in [0, 0.05) is 4.88 Å². The van der Waals surface area contributed by atoms with Crippen LogP contribution in [-0.4, -0.2) is 31.7 Å². The standard InChI is InChI=1S/C24H26N2O5S/c1-6-11-31-19-10-9-17(13-20(19)29-7-2)12-18(14-25)22(27)26-23-21(24(28)30-8-3)15(4)16(5)32-23/h6,9-10,12-13H,1,7-8,11H2,2-5H3,(H,26,27)/b18-12+. The van der Waals surface area contributed by atoms with E-state index in [4.69, 9.17) is 14.2 Å². The molecule has 0 unspecified atom stereocenters. The van der Waals surface area contributed by atoms with Gasteiger partial charge in [-0.15, -0.1) is 11.3 Å². The molecule has 0 bridgehead atoms. The fourth-order valence-electron chi connectivity index (χ4n) is 2.80. The van der Waals surface area contributed by atoms with Gasteiger partial charge in [0.15, 0.2) is 11.5 Å². The molecule has 1 aromatic carbocycles. The van der Waals surface area contributed by atoms with Crippen LogP contribution in [0.3, 0.4) is 0 Å². The van der Waals surface area contributed by atoms with Gasteiger partial charge in [0.05, 0.1) is 18.8 Å². The number of ether oxygens (including phenoxy) is 3. The summed E-state index contributed by atoms with van der Waals surface area (Å²) in [5, 5.41) is 12.6. The average Bonchev–Trinajstić information content (AvgIpc) is 3.04. The first-order valence-corrected chi connectivity index (χ1v) is 10.9. The highest BCUT2D eigenvalue weighted by Gasteiger charge is 2.23. The summed E-state index contributed by atoms with van der Waals surface area (Å²) < 4.78 is 16.3. The summed E-state index contributed by atoms with van der Waals surface area (Å²) in [4.78, 5) is 26.0. The number of benzene rings is 1. The van der Waals surface area contributed by atoms with E-state index in [1.807, 2.05) is 19.9 Å². The lowest BCUT2D eigenvalue weighted by molar-refractivity contribution is -0.112. The Labute approximate surface area is 191 Å². The summed E-state index contributed by atoms with van der Waals surface area (Å²) in [6.07, 6.45) is 3.08. The van der Waals surface area contributed by atoms with Gasteiger partial charge in [0.25, 0.3) is 5.91 Å². The molecule has 1 N–H and O–H groups in total. The van der Waals surface area contributed by atoms with Crippen molar-refractivity contribution in [1.29, 1.82) is 5.26 Å². The molecule has 8 heteroatoms. The van der Waals surface area contributed by atoms with Crippen molar-refractivity contribution in [3.63, 3.8) is 0 Å². The van der Waals surface area contributed by atoms with Gasteiger partial charge < -0.3 is 19.5 Å². The summed E-state index contributed by atoms with van der Waals surface area (Å²) in [6, 6.07) is 7.03. The number of thiophene rings is 1. The number of amides is 1. The second-order valence-corrected chi connectivity index (χ2v) is 7.80. The normalized spacial score (nSPS) is 10.8. The van der Waals surface area contributed by atoms with Gasteiger partial charge in [0.2, 0.25) is 0 Å². The minimum Gasteiger partial charge on any atom is -0.490 e. The molecule has 0 saturated heterocycles. The third kappa shape index (κ3) is 5.99. The molecule has 0 fully saturated rings. The molecule has 168 valence electrons. The molecule has 0 atom stereocenters. The molecule has 1 aromatic heterocycles. The van der Waals surface area contributed by atoms with E-state index in [0.717, 1.165) is 10.4 Å². The molecule has 0 aliphatic carbocycles. The predicted octanol–water partition coefficient (Wildman–Crippen LogP) is 5.05. The van der Waals surface area contributed by atoms with Crippen LogP contribution in [0.25, 0.3) is 6.08 Å². The molecule has 32 heavy (non-hydrogen) atoms. The van der Waals surface area contributed by atoms with Crippen LogP contribution in [0.5, 0.6) is 11.5 Å². The first-order valence-electron chi connectivity index (χ1n) is 10.1. The van der Waals surface area contributed by atoms with Crippen molar-refractivity contribution in [2.75, 3.05) is 25.1 Å². The van der Waals surface area contributed by atoms with Crippen molar-refractivity contribution >= 4 is 34.3 Å². The van der Waals surface area contributed by atoms with Crippen LogP contribution in [0.4, 0.5) is 5.00 Å². The zero-order valence-corrected chi connectivity index (χ0v) is 19.4. The molecule has 7 nitrogen and oxygen atoms in total. The zero-order chi connectivity index (χ0) is 23.7. The van der Waals surface area contributed by atoms with E-state index >= 15 is 0 Å². The molecule has 0 saturated carbocycles. The van der Waals surface area contributed by atoms with Crippen LogP contribution < -0.4 is 14.8 Å². The second kappa shape index (κ2) is 11.7. The molecular formula is C24H26N2O5S. The molecule has 0 radical (unpaired) electrons. The van der Waals surface area contributed by atoms with Crippen molar-refractivity contribution < 1.29 is 23.8 Å². The van der Waals surface area contributed by atoms with Gasteiger partial charge in [-0.1, -0.05) is 18.7 Å². The van der Waals surface area contributed by atoms with Gasteiger partial charge in [0.1, 0.15) is 23.3 Å². The highest BCUT2D eigenvalue weighted by Crippen LogP contribution is 2.34. The number of anilines is 1. The summed E-state index contributed by atoms with van der Waals surface area (Å²) in [5.41, 5.74) is 1.52. The van der Waals surface area contributed by atoms with Gasteiger partial charge in [-0.3, -0.25) is 4.79 Å². The van der Waals surface area contributed by atoms with E-state index in [2.05, 4.69) is 11.9 Å². The molecule has 0 spiro atoms. The Kier molecular flexibility index (Phi) is 9.05. The molecule has 0 aliphatic rings. The largest absolute Gasteiger partial charge is 0.490 e. The van der Waals surface area contributed by atoms with E-state index in [1.165, 1.54) is 17.4 Å². The van der Waals surface area contributed by atoms with E-state index in [0.29, 0.717) is 40.8 Å². The first-order chi connectivity index (χ1) is 15.4. The first kappa shape index (κ1) is 24.7. The summed E-state index contributed by atoms with van der Waals surface area (Å²) in [5.74, 6) is -0.0989. The Bertz CT molecular complexity index is 1080. The van der Waals surface area contributed by atoms with Gasteiger partial charge in [-0.2, -0.15) is 5.26 Å². The van der Waals surface area contributed by atoms with Crippen molar-refractivity contribution in [2.45, 2.75) is 27.7 Å². The summed E-state index contributed by atoms with van der Waals surface area (Å²) in [7, 11) is 0. The highest BCUT2D eigenvalue weighted by molar-refractivity contribution is 7.16. The van der Waals surface area contributed by atoms with Gasteiger partial charge in [-0.05, 0) is 57.0 Å². The smallest absolute Gasteiger partial charge is 0.341 e. The number of nitriles is 1. The molecule has 2 aromatic rings.